The number of ether oxygens (including phenoxy) is 1. The average molecular weight is 327 g/mol. The van der Waals surface area contributed by atoms with Gasteiger partial charge in [-0.2, -0.15) is 0 Å². The SMILES string of the molecule is Cc1cc(Cl)cc(C)c1Oc1ccc(N)cc1Br. The molecule has 4 heteroatoms. The number of aryl methyl sites for hydroxylation is 2. The van der Waals surface area contributed by atoms with E-state index in [1.165, 1.54) is 0 Å². The fourth-order valence-corrected chi connectivity index (χ4v) is 2.57. The van der Waals surface area contributed by atoms with Crippen LogP contribution in [0.15, 0.2) is 34.8 Å². The van der Waals surface area contributed by atoms with Crippen LogP contribution in [0.25, 0.3) is 0 Å². The molecule has 0 spiro atoms. The standard InChI is InChI=1S/C14H13BrClNO/c1-8-5-10(16)6-9(2)14(8)18-13-4-3-11(17)7-12(13)15/h3-7H,17H2,1-2H3. The summed E-state index contributed by atoms with van der Waals surface area (Å²) in [5.74, 6) is 1.56. The van der Waals surface area contributed by atoms with E-state index in [1.54, 1.807) is 6.07 Å². The van der Waals surface area contributed by atoms with Gasteiger partial charge >= 0.3 is 0 Å². The van der Waals surface area contributed by atoms with Gasteiger partial charge in [0.2, 0.25) is 0 Å². The normalized spacial score (nSPS) is 10.4. The van der Waals surface area contributed by atoms with Crippen LogP contribution in [-0.4, -0.2) is 0 Å². The number of nitrogens with two attached hydrogens (primary N) is 1. The molecule has 0 bridgehead atoms. The highest BCUT2D eigenvalue weighted by Gasteiger charge is 2.09. The Balaban J connectivity index is 2.40. The molecule has 0 aliphatic carbocycles. The quantitative estimate of drug-likeness (QED) is 0.780. The number of nitrogen functional groups attached to an aromatic ring is 1. The van der Waals surface area contributed by atoms with Gasteiger partial charge < -0.3 is 10.5 Å². The Morgan fingerprint density at radius 3 is 2.28 bits per heavy atom. The van der Waals surface area contributed by atoms with E-state index in [0.29, 0.717) is 10.7 Å². The summed E-state index contributed by atoms with van der Waals surface area (Å²) in [6.07, 6.45) is 0. The lowest BCUT2D eigenvalue weighted by Gasteiger charge is -2.13. The lowest BCUT2D eigenvalue weighted by Crippen LogP contribution is -1.93. The minimum Gasteiger partial charge on any atom is -0.456 e. The zero-order valence-corrected chi connectivity index (χ0v) is 12.5. The number of benzene rings is 2. The third-order valence-electron chi connectivity index (χ3n) is 2.59. The van der Waals surface area contributed by atoms with Gasteiger partial charge in [0.1, 0.15) is 11.5 Å². The molecule has 94 valence electrons. The van der Waals surface area contributed by atoms with Gasteiger partial charge in [-0.1, -0.05) is 11.6 Å². The lowest BCUT2D eigenvalue weighted by atomic mass is 10.1. The Morgan fingerprint density at radius 2 is 1.72 bits per heavy atom. The summed E-state index contributed by atoms with van der Waals surface area (Å²) in [5.41, 5.74) is 8.40. The number of hydrogen-bond acceptors (Lipinski definition) is 2. The molecule has 18 heavy (non-hydrogen) atoms. The zero-order chi connectivity index (χ0) is 13.3. The van der Waals surface area contributed by atoms with Crippen LogP contribution in [0.3, 0.4) is 0 Å². The summed E-state index contributed by atoms with van der Waals surface area (Å²) in [7, 11) is 0. The topological polar surface area (TPSA) is 35.2 Å². The highest BCUT2D eigenvalue weighted by atomic mass is 79.9. The van der Waals surface area contributed by atoms with E-state index in [4.69, 9.17) is 22.1 Å². The van der Waals surface area contributed by atoms with Crippen molar-refractivity contribution in [3.63, 3.8) is 0 Å². The molecule has 2 aromatic carbocycles. The Kier molecular flexibility index (Phi) is 3.83. The van der Waals surface area contributed by atoms with Crippen molar-refractivity contribution < 1.29 is 4.74 Å². The molecule has 0 amide bonds. The van der Waals surface area contributed by atoms with Gasteiger partial charge in [0.25, 0.3) is 0 Å². The number of anilines is 1. The van der Waals surface area contributed by atoms with Crippen molar-refractivity contribution >= 4 is 33.2 Å². The first kappa shape index (κ1) is 13.2. The summed E-state index contributed by atoms with van der Waals surface area (Å²) < 4.78 is 6.75. The van der Waals surface area contributed by atoms with Crippen LogP contribution in [0, 0.1) is 13.8 Å². The molecular weight excluding hydrogens is 314 g/mol. The Morgan fingerprint density at radius 1 is 1.11 bits per heavy atom. The van der Waals surface area contributed by atoms with Crippen molar-refractivity contribution in [2.45, 2.75) is 13.8 Å². The van der Waals surface area contributed by atoms with E-state index in [2.05, 4.69) is 15.9 Å². The van der Waals surface area contributed by atoms with E-state index >= 15 is 0 Å². The predicted molar refractivity (Wildman–Crippen MR) is 79.6 cm³/mol. The molecule has 2 aromatic rings. The largest absolute Gasteiger partial charge is 0.456 e. The first-order valence-corrected chi connectivity index (χ1v) is 6.64. The third-order valence-corrected chi connectivity index (χ3v) is 3.43. The van der Waals surface area contributed by atoms with Crippen LogP contribution < -0.4 is 10.5 Å². The van der Waals surface area contributed by atoms with E-state index < -0.39 is 0 Å². The molecule has 0 fully saturated rings. The van der Waals surface area contributed by atoms with Gasteiger partial charge in [-0.15, -0.1) is 0 Å². The van der Waals surface area contributed by atoms with E-state index in [0.717, 1.165) is 27.1 Å². The number of halogens is 2. The van der Waals surface area contributed by atoms with Crippen LogP contribution in [0.2, 0.25) is 5.02 Å². The second-order valence-corrected chi connectivity index (χ2v) is 5.45. The molecule has 0 radical (unpaired) electrons. The Bertz CT molecular complexity index is 575. The molecule has 0 aliphatic heterocycles. The molecule has 0 atom stereocenters. The van der Waals surface area contributed by atoms with Gasteiger partial charge in [0.05, 0.1) is 4.47 Å². The molecule has 0 heterocycles. The van der Waals surface area contributed by atoms with Crippen molar-refractivity contribution in [3.8, 4) is 11.5 Å². The zero-order valence-electron chi connectivity index (χ0n) is 10.1. The Labute approximate surface area is 120 Å². The lowest BCUT2D eigenvalue weighted by molar-refractivity contribution is 0.472. The highest BCUT2D eigenvalue weighted by molar-refractivity contribution is 9.10. The smallest absolute Gasteiger partial charge is 0.141 e. The summed E-state index contributed by atoms with van der Waals surface area (Å²) in [4.78, 5) is 0. The van der Waals surface area contributed by atoms with Crippen LogP contribution in [0.1, 0.15) is 11.1 Å². The van der Waals surface area contributed by atoms with Crippen LogP contribution in [0.5, 0.6) is 11.5 Å². The minimum absolute atomic E-state index is 0.693. The molecule has 0 aromatic heterocycles. The van der Waals surface area contributed by atoms with Crippen molar-refractivity contribution in [1.29, 1.82) is 0 Å². The van der Waals surface area contributed by atoms with Crippen molar-refractivity contribution in [3.05, 3.63) is 51.0 Å². The number of rotatable bonds is 2. The maximum atomic E-state index is 6.00. The molecule has 0 aliphatic rings. The maximum absolute atomic E-state index is 6.00. The van der Waals surface area contributed by atoms with Crippen LogP contribution in [0.4, 0.5) is 5.69 Å². The third kappa shape index (κ3) is 2.79. The van der Waals surface area contributed by atoms with Crippen molar-refractivity contribution in [2.24, 2.45) is 0 Å². The summed E-state index contributed by atoms with van der Waals surface area (Å²) in [5, 5.41) is 0.716. The fourth-order valence-electron chi connectivity index (χ4n) is 1.77. The van der Waals surface area contributed by atoms with Crippen LogP contribution >= 0.6 is 27.5 Å². The summed E-state index contributed by atoms with van der Waals surface area (Å²) in [6.45, 7) is 3.94. The van der Waals surface area contributed by atoms with E-state index in [-0.39, 0.29) is 0 Å². The van der Waals surface area contributed by atoms with Crippen LogP contribution in [-0.2, 0) is 0 Å². The first-order valence-electron chi connectivity index (χ1n) is 5.47. The minimum atomic E-state index is 0.693. The molecule has 2 nitrogen and oxygen atoms in total. The fraction of sp³-hybridized carbons (Fsp3) is 0.143. The first-order chi connectivity index (χ1) is 8.47. The second kappa shape index (κ2) is 5.21. The molecule has 0 saturated carbocycles. The van der Waals surface area contributed by atoms with Crippen molar-refractivity contribution in [1.82, 2.24) is 0 Å². The van der Waals surface area contributed by atoms with E-state index in [9.17, 15) is 0 Å². The predicted octanol–water partition coefficient (Wildman–Crippen LogP) is 5.09. The molecule has 0 saturated heterocycles. The maximum Gasteiger partial charge on any atom is 0.141 e. The molecule has 2 N–H and O–H groups in total. The summed E-state index contributed by atoms with van der Waals surface area (Å²) in [6, 6.07) is 9.23. The van der Waals surface area contributed by atoms with Crippen molar-refractivity contribution in [2.75, 3.05) is 5.73 Å². The number of hydrogen-bond donors (Lipinski definition) is 1. The highest BCUT2D eigenvalue weighted by Crippen LogP contribution is 2.35. The van der Waals surface area contributed by atoms with Gasteiger partial charge in [-0.05, 0) is 71.2 Å². The second-order valence-electron chi connectivity index (χ2n) is 4.16. The van der Waals surface area contributed by atoms with Gasteiger partial charge in [0.15, 0.2) is 0 Å². The molecular formula is C14H13BrClNO. The average Bonchev–Trinajstić information content (AvgIpc) is 2.25. The summed E-state index contributed by atoms with van der Waals surface area (Å²) >= 11 is 9.43. The van der Waals surface area contributed by atoms with Gasteiger partial charge in [-0.3, -0.25) is 0 Å². The van der Waals surface area contributed by atoms with E-state index in [1.807, 2.05) is 38.1 Å². The monoisotopic (exact) mass is 325 g/mol. The Hall–Kier alpha value is -1.19. The van der Waals surface area contributed by atoms with Gasteiger partial charge in [-0.25, -0.2) is 0 Å². The molecule has 0 unspecified atom stereocenters. The van der Waals surface area contributed by atoms with Gasteiger partial charge in [0, 0.05) is 10.7 Å². The molecule has 2 rings (SSSR count).